The molecule has 0 aliphatic heterocycles. The van der Waals surface area contributed by atoms with Crippen LogP contribution in [0, 0.1) is 0 Å². The summed E-state index contributed by atoms with van der Waals surface area (Å²) in [6.45, 7) is 5.50. The van der Waals surface area contributed by atoms with Crippen LogP contribution in [0.4, 0.5) is 0 Å². The van der Waals surface area contributed by atoms with Gasteiger partial charge in [0.15, 0.2) is 0 Å². The molecule has 96 valence electrons. The van der Waals surface area contributed by atoms with Gasteiger partial charge in [-0.15, -0.1) is 11.6 Å². The molecule has 0 fully saturated rings. The molecule has 1 rings (SSSR count). The normalized spacial score (nSPS) is 12.1. The fourth-order valence-electron chi connectivity index (χ4n) is 1.73. The van der Waals surface area contributed by atoms with Crippen molar-refractivity contribution in [2.24, 2.45) is 0 Å². The minimum absolute atomic E-state index is 0.105. The molecule has 0 aromatic heterocycles. The maximum Gasteiger partial charge on any atom is 0.0402 e. The lowest BCUT2D eigenvalue weighted by Gasteiger charge is -2.33. The average Bonchev–Trinajstić information content (AvgIpc) is 2.35. The first-order chi connectivity index (χ1) is 8.06. The van der Waals surface area contributed by atoms with Crippen LogP contribution in [0.1, 0.15) is 32.3 Å². The zero-order valence-corrected chi connectivity index (χ0v) is 12.0. The Bertz CT molecular complexity index is 308. The van der Waals surface area contributed by atoms with E-state index in [2.05, 4.69) is 56.1 Å². The molecule has 0 amide bonds. The highest BCUT2D eigenvalue weighted by Gasteiger charge is 2.21. The van der Waals surface area contributed by atoms with Crippen LogP contribution in [0.15, 0.2) is 30.3 Å². The Hall–Kier alpha value is -0.530. The summed E-state index contributed by atoms with van der Waals surface area (Å²) < 4.78 is 0. The molecule has 0 N–H and O–H groups in total. The number of nitrogens with zero attached hydrogens (tertiary/aromatic N) is 1. The summed E-state index contributed by atoms with van der Waals surface area (Å²) in [6, 6.07) is 10.7. The topological polar surface area (TPSA) is 3.24 Å². The first-order valence-electron chi connectivity index (χ1n) is 6.37. The quantitative estimate of drug-likeness (QED) is 0.525. The van der Waals surface area contributed by atoms with Crippen molar-refractivity contribution in [3.05, 3.63) is 35.9 Å². The highest BCUT2D eigenvalue weighted by Crippen LogP contribution is 2.15. The number of benzene rings is 1. The van der Waals surface area contributed by atoms with Gasteiger partial charge >= 0.3 is 0 Å². The van der Waals surface area contributed by atoms with Gasteiger partial charge in [-0.2, -0.15) is 0 Å². The molecule has 0 unspecified atom stereocenters. The second-order valence-electron chi connectivity index (χ2n) is 5.31. The van der Waals surface area contributed by atoms with Crippen molar-refractivity contribution in [3.63, 3.8) is 0 Å². The number of unbranched alkanes of at least 4 members (excludes halogenated alkanes) is 1. The van der Waals surface area contributed by atoms with E-state index in [9.17, 15) is 0 Å². The van der Waals surface area contributed by atoms with Crippen molar-refractivity contribution in [3.8, 4) is 0 Å². The number of hydrogen-bond donors (Lipinski definition) is 0. The van der Waals surface area contributed by atoms with E-state index in [1.807, 2.05) is 0 Å². The monoisotopic (exact) mass is 253 g/mol. The van der Waals surface area contributed by atoms with Crippen molar-refractivity contribution >= 4 is 11.6 Å². The second-order valence-corrected chi connectivity index (χ2v) is 5.58. The molecule has 0 bridgehead atoms. The summed E-state index contributed by atoms with van der Waals surface area (Å²) >= 11 is 5.96. The molecule has 0 atom stereocenters. The maximum atomic E-state index is 5.96. The third-order valence-corrected chi connectivity index (χ3v) is 4.07. The Morgan fingerprint density at radius 1 is 1.12 bits per heavy atom. The molecule has 0 aliphatic carbocycles. The smallest absolute Gasteiger partial charge is 0.0402 e. The predicted octanol–water partition coefficient (Wildman–Crippen LogP) is 3.96. The molecular weight excluding hydrogens is 230 g/mol. The van der Waals surface area contributed by atoms with Crippen molar-refractivity contribution < 1.29 is 0 Å². The lowest BCUT2D eigenvalue weighted by Crippen LogP contribution is -2.43. The van der Waals surface area contributed by atoms with Gasteiger partial charge in [0.05, 0.1) is 0 Å². The molecule has 0 aliphatic rings. The SMILES string of the molecule is CN(CCCCc1ccccc1)C(C)(C)CCl. The minimum atomic E-state index is 0.105. The lowest BCUT2D eigenvalue weighted by atomic mass is 10.0. The van der Waals surface area contributed by atoms with E-state index in [-0.39, 0.29) is 5.54 Å². The maximum absolute atomic E-state index is 5.96. The first kappa shape index (κ1) is 14.5. The third-order valence-electron chi connectivity index (χ3n) is 3.41. The molecule has 1 aromatic carbocycles. The van der Waals surface area contributed by atoms with E-state index in [1.165, 1.54) is 24.8 Å². The number of aryl methyl sites for hydroxylation is 1. The Morgan fingerprint density at radius 2 is 1.76 bits per heavy atom. The van der Waals surface area contributed by atoms with Gasteiger partial charge in [0.1, 0.15) is 0 Å². The molecule has 17 heavy (non-hydrogen) atoms. The van der Waals surface area contributed by atoms with Crippen molar-refractivity contribution in [1.29, 1.82) is 0 Å². The minimum Gasteiger partial charge on any atom is -0.300 e. The number of halogens is 1. The van der Waals surface area contributed by atoms with Gasteiger partial charge in [-0.3, -0.25) is 0 Å². The summed E-state index contributed by atoms with van der Waals surface area (Å²) in [4.78, 5) is 2.35. The molecule has 0 spiro atoms. The molecule has 0 saturated carbocycles. The fraction of sp³-hybridized carbons (Fsp3) is 0.600. The van der Waals surface area contributed by atoms with Crippen LogP contribution in [-0.2, 0) is 6.42 Å². The molecule has 2 heteroatoms. The van der Waals surface area contributed by atoms with Crippen LogP contribution in [0.25, 0.3) is 0 Å². The first-order valence-corrected chi connectivity index (χ1v) is 6.91. The Labute approximate surface area is 111 Å². The molecule has 1 nitrogen and oxygen atoms in total. The number of alkyl halides is 1. The Morgan fingerprint density at radius 3 is 2.35 bits per heavy atom. The Kier molecular flexibility index (Phi) is 6.01. The summed E-state index contributed by atoms with van der Waals surface area (Å²) in [5, 5.41) is 0. The van der Waals surface area contributed by atoms with Crippen LogP contribution in [0.5, 0.6) is 0 Å². The van der Waals surface area contributed by atoms with Crippen molar-refractivity contribution in [1.82, 2.24) is 4.90 Å². The standard InChI is InChI=1S/C15H24ClN/c1-15(2,13-16)17(3)12-8-7-11-14-9-5-4-6-10-14/h4-6,9-10H,7-8,11-13H2,1-3H3. The van der Waals surface area contributed by atoms with E-state index in [4.69, 9.17) is 11.6 Å². The molecule has 0 heterocycles. The van der Waals surface area contributed by atoms with Crippen LogP contribution in [0.3, 0.4) is 0 Å². The van der Waals surface area contributed by atoms with Gasteiger partial charge in [0.2, 0.25) is 0 Å². The van der Waals surface area contributed by atoms with E-state index >= 15 is 0 Å². The highest BCUT2D eigenvalue weighted by molar-refractivity contribution is 6.18. The third kappa shape index (κ3) is 5.10. The molecule has 0 radical (unpaired) electrons. The van der Waals surface area contributed by atoms with Crippen LogP contribution >= 0.6 is 11.6 Å². The summed E-state index contributed by atoms with van der Waals surface area (Å²) in [6.07, 6.45) is 3.65. The van der Waals surface area contributed by atoms with E-state index < -0.39 is 0 Å². The summed E-state index contributed by atoms with van der Waals surface area (Å²) in [7, 11) is 2.16. The average molecular weight is 254 g/mol. The predicted molar refractivity (Wildman–Crippen MR) is 76.8 cm³/mol. The highest BCUT2D eigenvalue weighted by atomic mass is 35.5. The largest absolute Gasteiger partial charge is 0.300 e. The summed E-state index contributed by atoms with van der Waals surface area (Å²) in [5.74, 6) is 0.683. The van der Waals surface area contributed by atoms with Gasteiger partial charge in [-0.1, -0.05) is 30.3 Å². The zero-order valence-electron chi connectivity index (χ0n) is 11.2. The number of hydrogen-bond acceptors (Lipinski definition) is 1. The van der Waals surface area contributed by atoms with Gasteiger partial charge in [-0.25, -0.2) is 0 Å². The van der Waals surface area contributed by atoms with Gasteiger partial charge in [0.25, 0.3) is 0 Å². The molecule has 1 aromatic rings. The van der Waals surface area contributed by atoms with Crippen LogP contribution < -0.4 is 0 Å². The van der Waals surface area contributed by atoms with E-state index in [1.54, 1.807) is 0 Å². The van der Waals surface area contributed by atoms with Crippen molar-refractivity contribution in [2.45, 2.75) is 38.6 Å². The second kappa shape index (κ2) is 7.03. The Balaban J connectivity index is 2.21. The van der Waals surface area contributed by atoms with Gasteiger partial charge < -0.3 is 4.90 Å². The van der Waals surface area contributed by atoms with Crippen LogP contribution in [0.2, 0.25) is 0 Å². The number of rotatable bonds is 7. The zero-order chi connectivity index (χ0) is 12.7. The summed E-state index contributed by atoms with van der Waals surface area (Å²) in [5.41, 5.74) is 1.54. The van der Waals surface area contributed by atoms with Gasteiger partial charge in [-0.05, 0) is 52.3 Å². The van der Waals surface area contributed by atoms with Crippen LogP contribution in [-0.4, -0.2) is 29.9 Å². The molecule has 0 saturated heterocycles. The fourth-order valence-corrected chi connectivity index (χ4v) is 1.93. The molecular formula is C15H24ClN. The van der Waals surface area contributed by atoms with E-state index in [0.717, 1.165) is 6.54 Å². The lowest BCUT2D eigenvalue weighted by molar-refractivity contribution is 0.176. The van der Waals surface area contributed by atoms with Gasteiger partial charge in [0, 0.05) is 11.4 Å². The van der Waals surface area contributed by atoms with E-state index in [0.29, 0.717) is 5.88 Å². The van der Waals surface area contributed by atoms with Crippen molar-refractivity contribution in [2.75, 3.05) is 19.5 Å².